The zero-order valence-corrected chi connectivity index (χ0v) is 11.8. The molecule has 1 heterocycles. The van der Waals surface area contributed by atoms with E-state index < -0.39 is 0 Å². The summed E-state index contributed by atoms with van der Waals surface area (Å²) in [7, 11) is 0. The Balaban J connectivity index is 1.93. The predicted molar refractivity (Wildman–Crippen MR) is 80.5 cm³/mol. The maximum Gasteiger partial charge on any atom is 0.123 e. The van der Waals surface area contributed by atoms with Crippen LogP contribution in [0, 0.1) is 12.7 Å². The lowest BCUT2D eigenvalue weighted by molar-refractivity contribution is 0.403. The Kier molecular flexibility index (Phi) is 3.83. The summed E-state index contributed by atoms with van der Waals surface area (Å²) in [5.74, 6) is 0.780. The van der Waals surface area contributed by atoms with Gasteiger partial charge in [-0.3, -0.25) is 0 Å². The minimum Gasteiger partial charge on any atom is -0.316 e. The van der Waals surface area contributed by atoms with Gasteiger partial charge in [0.25, 0.3) is 0 Å². The van der Waals surface area contributed by atoms with Gasteiger partial charge in [-0.15, -0.1) is 0 Å². The summed E-state index contributed by atoms with van der Waals surface area (Å²) in [5.41, 5.74) is 3.93. The number of benzene rings is 2. The molecule has 0 bridgehead atoms. The van der Waals surface area contributed by atoms with Crippen LogP contribution in [-0.2, 0) is 0 Å². The summed E-state index contributed by atoms with van der Waals surface area (Å²) in [6.07, 6.45) is 1.10. The summed E-state index contributed by atoms with van der Waals surface area (Å²) in [4.78, 5) is 0. The molecule has 0 amide bonds. The molecule has 3 rings (SSSR count). The second-order valence-corrected chi connectivity index (χ2v) is 5.67. The highest BCUT2D eigenvalue weighted by Crippen LogP contribution is 2.37. The summed E-state index contributed by atoms with van der Waals surface area (Å²) in [6, 6.07) is 15.8. The van der Waals surface area contributed by atoms with Gasteiger partial charge in [0, 0.05) is 12.5 Å². The van der Waals surface area contributed by atoms with Crippen LogP contribution in [0.3, 0.4) is 0 Å². The van der Waals surface area contributed by atoms with Crippen molar-refractivity contribution in [2.75, 3.05) is 13.1 Å². The van der Waals surface area contributed by atoms with Gasteiger partial charge >= 0.3 is 0 Å². The fourth-order valence-electron chi connectivity index (χ4n) is 3.22. The molecule has 2 aromatic carbocycles. The van der Waals surface area contributed by atoms with Crippen molar-refractivity contribution in [2.45, 2.75) is 25.2 Å². The van der Waals surface area contributed by atoms with Crippen molar-refractivity contribution in [1.29, 1.82) is 0 Å². The average molecular weight is 269 g/mol. The van der Waals surface area contributed by atoms with Crippen LogP contribution in [0.1, 0.15) is 34.9 Å². The summed E-state index contributed by atoms with van der Waals surface area (Å²) in [6.45, 7) is 4.16. The van der Waals surface area contributed by atoms with Crippen LogP contribution in [-0.4, -0.2) is 13.1 Å². The van der Waals surface area contributed by atoms with Crippen molar-refractivity contribution >= 4 is 0 Å². The van der Waals surface area contributed by atoms with Gasteiger partial charge in [-0.25, -0.2) is 4.39 Å². The Morgan fingerprint density at radius 3 is 2.55 bits per heavy atom. The van der Waals surface area contributed by atoms with E-state index in [4.69, 9.17) is 0 Å². The minimum atomic E-state index is -0.158. The summed E-state index contributed by atoms with van der Waals surface area (Å²) < 4.78 is 13.1. The third-order valence-corrected chi connectivity index (χ3v) is 4.25. The second kappa shape index (κ2) is 5.76. The number of hydrogen-bond acceptors (Lipinski definition) is 1. The molecule has 0 aromatic heterocycles. The van der Waals surface area contributed by atoms with Crippen LogP contribution in [0.25, 0.3) is 0 Å². The highest BCUT2D eigenvalue weighted by Gasteiger charge is 2.27. The first-order valence-corrected chi connectivity index (χ1v) is 7.27. The summed E-state index contributed by atoms with van der Waals surface area (Å²) >= 11 is 0. The molecular weight excluding hydrogens is 249 g/mol. The van der Waals surface area contributed by atoms with E-state index >= 15 is 0 Å². The Morgan fingerprint density at radius 2 is 1.80 bits per heavy atom. The largest absolute Gasteiger partial charge is 0.316 e. The smallest absolute Gasteiger partial charge is 0.123 e. The second-order valence-electron chi connectivity index (χ2n) is 5.67. The molecule has 1 fully saturated rings. The average Bonchev–Trinajstić information content (AvgIpc) is 2.48. The maximum absolute atomic E-state index is 13.1. The number of aryl methyl sites for hydroxylation is 1. The summed E-state index contributed by atoms with van der Waals surface area (Å²) in [5, 5.41) is 3.49. The van der Waals surface area contributed by atoms with Crippen LogP contribution in [0.15, 0.2) is 48.5 Å². The van der Waals surface area contributed by atoms with E-state index in [0.29, 0.717) is 11.8 Å². The Labute approximate surface area is 119 Å². The molecule has 1 saturated heterocycles. The zero-order valence-electron chi connectivity index (χ0n) is 11.8. The molecule has 2 aromatic rings. The molecule has 1 N–H and O–H groups in total. The highest BCUT2D eigenvalue weighted by atomic mass is 19.1. The number of halogens is 1. The molecule has 0 saturated carbocycles. The molecule has 1 aliphatic rings. The molecule has 1 aliphatic heterocycles. The van der Waals surface area contributed by atoms with E-state index in [1.54, 1.807) is 12.1 Å². The maximum atomic E-state index is 13.1. The molecule has 2 atom stereocenters. The molecule has 0 radical (unpaired) electrons. The molecule has 0 spiro atoms. The van der Waals surface area contributed by atoms with E-state index in [-0.39, 0.29) is 5.82 Å². The third-order valence-electron chi connectivity index (χ3n) is 4.25. The first-order valence-electron chi connectivity index (χ1n) is 7.27. The van der Waals surface area contributed by atoms with Gasteiger partial charge in [0.2, 0.25) is 0 Å². The topological polar surface area (TPSA) is 12.0 Å². The molecule has 0 aliphatic carbocycles. The van der Waals surface area contributed by atoms with E-state index in [1.807, 2.05) is 12.1 Å². The lowest BCUT2D eigenvalue weighted by Gasteiger charge is -2.33. The van der Waals surface area contributed by atoms with Crippen LogP contribution >= 0.6 is 0 Å². The Hall–Kier alpha value is -1.67. The molecular formula is C18H20FN. The van der Waals surface area contributed by atoms with Crippen molar-refractivity contribution in [3.63, 3.8) is 0 Å². The van der Waals surface area contributed by atoms with Gasteiger partial charge in [-0.2, -0.15) is 0 Å². The SMILES string of the molecule is Cc1cccc(C2CNCCC2c2ccc(F)cc2)c1. The predicted octanol–water partition coefficient (Wildman–Crippen LogP) is 3.99. The lowest BCUT2D eigenvalue weighted by Crippen LogP contribution is -2.34. The normalized spacial score (nSPS) is 22.7. The molecule has 104 valence electrons. The zero-order chi connectivity index (χ0) is 13.9. The van der Waals surface area contributed by atoms with Gasteiger partial charge in [0.1, 0.15) is 5.82 Å². The molecule has 1 nitrogen and oxygen atoms in total. The van der Waals surface area contributed by atoms with Crippen LogP contribution in [0.5, 0.6) is 0 Å². The van der Waals surface area contributed by atoms with Gasteiger partial charge in [0.15, 0.2) is 0 Å². The Bertz CT molecular complexity index is 576. The van der Waals surface area contributed by atoms with Crippen molar-refractivity contribution in [3.05, 3.63) is 71.0 Å². The fourth-order valence-corrected chi connectivity index (χ4v) is 3.22. The fraction of sp³-hybridized carbons (Fsp3) is 0.333. The van der Waals surface area contributed by atoms with Crippen molar-refractivity contribution in [1.82, 2.24) is 5.32 Å². The standard InChI is InChI=1S/C18H20FN/c1-13-3-2-4-15(11-13)18-12-20-10-9-17(18)14-5-7-16(19)8-6-14/h2-8,11,17-18,20H,9-10,12H2,1H3. The van der Waals surface area contributed by atoms with E-state index in [0.717, 1.165) is 19.5 Å². The van der Waals surface area contributed by atoms with Gasteiger partial charge in [-0.1, -0.05) is 42.0 Å². The van der Waals surface area contributed by atoms with Crippen LogP contribution in [0.2, 0.25) is 0 Å². The third kappa shape index (κ3) is 2.75. The van der Waals surface area contributed by atoms with Crippen molar-refractivity contribution in [3.8, 4) is 0 Å². The number of hydrogen-bond donors (Lipinski definition) is 1. The first-order chi connectivity index (χ1) is 9.74. The van der Waals surface area contributed by atoms with Crippen molar-refractivity contribution in [2.24, 2.45) is 0 Å². The number of piperidine rings is 1. The van der Waals surface area contributed by atoms with Gasteiger partial charge < -0.3 is 5.32 Å². The molecule has 20 heavy (non-hydrogen) atoms. The van der Waals surface area contributed by atoms with Gasteiger partial charge in [-0.05, 0) is 49.1 Å². The van der Waals surface area contributed by atoms with Crippen LogP contribution in [0.4, 0.5) is 4.39 Å². The Morgan fingerprint density at radius 1 is 1.00 bits per heavy atom. The highest BCUT2D eigenvalue weighted by molar-refractivity contribution is 5.32. The van der Waals surface area contributed by atoms with E-state index in [1.165, 1.54) is 16.7 Å². The number of rotatable bonds is 2. The number of nitrogens with one attached hydrogen (secondary N) is 1. The van der Waals surface area contributed by atoms with E-state index in [2.05, 4.69) is 36.5 Å². The quantitative estimate of drug-likeness (QED) is 0.869. The molecule has 2 heteroatoms. The molecule has 2 unspecified atom stereocenters. The first kappa shape index (κ1) is 13.3. The van der Waals surface area contributed by atoms with Crippen LogP contribution < -0.4 is 5.32 Å². The van der Waals surface area contributed by atoms with Crippen molar-refractivity contribution < 1.29 is 4.39 Å². The van der Waals surface area contributed by atoms with Gasteiger partial charge in [0.05, 0.1) is 0 Å². The monoisotopic (exact) mass is 269 g/mol. The minimum absolute atomic E-state index is 0.158. The lowest BCUT2D eigenvalue weighted by atomic mass is 9.77. The van der Waals surface area contributed by atoms with E-state index in [9.17, 15) is 4.39 Å².